The molecule has 6 heteroatoms. The molecule has 0 atom stereocenters. The Morgan fingerprint density at radius 1 is 1.14 bits per heavy atom. The lowest BCUT2D eigenvalue weighted by Crippen LogP contribution is -2.21. The molecule has 112 valence electrons. The van der Waals surface area contributed by atoms with Gasteiger partial charge in [-0.05, 0) is 29.8 Å². The average Bonchev–Trinajstić information content (AvgIpc) is 2.45. The number of aromatic nitrogens is 2. The second-order valence-corrected chi connectivity index (χ2v) is 5.01. The molecule has 0 amide bonds. The summed E-state index contributed by atoms with van der Waals surface area (Å²) in [4.78, 5) is 7.63. The molecule has 0 aromatic carbocycles. The molecule has 0 saturated heterocycles. The van der Waals surface area contributed by atoms with E-state index in [4.69, 9.17) is 0 Å². The van der Waals surface area contributed by atoms with Gasteiger partial charge in [0, 0.05) is 30.5 Å². The third kappa shape index (κ3) is 4.26. The van der Waals surface area contributed by atoms with Crippen molar-refractivity contribution in [1.29, 1.82) is 0 Å². The molecule has 0 spiro atoms. The molecule has 0 fully saturated rings. The van der Waals surface area contributed by atoms with E-state index in [2.05, 4.69) is 15.3 Å². The lowest BCUT2D eigenvalue weighted by atomic mass is 10.1. The van der Waals surface area contributed by atoms with Gasteiger partial charge in [-0.15, -0.1) is 0 Å². The maximum Gasteiger partial charge on any atom is 0.433 e. The first-order valence-corrected chi connectivity index (χ1v) is 6.58. The summed E-state index contributed by atoms with van der Waals surface area (Å²) in [5.74, 6) is 0. The van der Waals surface area contributed by atoms with Crippen LogP contribution in [0.15, 0.2) is 36.7 Å². The summed E-state index contributed by atoms with van der Waals surface area (Å²) < 4.78 is 37.4. The maximum atomic E-state index is 12.5. The van der Waals surface area contributed by atoms with E-state index >= 15 is 0 Å². The number of nitrogens with zero attached hydrogens (tertiary/aromatic N) is 2. The van der Waals surface area contributed by atoms with Gasteiger partial charge in [-0.1, -0.05) is 13.8 Å². The normalized spacial score (nSPS) is 11.9. The van der Waals surface area contributed by atoms with Crippen LogP contribution in [0.5, 0.6) is 0 Å². The van der Waals surface area contributed by atoms with Crippen molar-refractivity contribution in [2.45, 2.75) is 32.6 Å². The fourth-order valence-corrected chi connectivity index (χ4v) is 1.78. The predicted octanol–water partition coefficient (Wildman–Crippen LogP) is 3.66. The Balaban J connectivity index is 2.20. The van der Waals surface area contributed by atoms with E-state index in [1.165, 1.54) is 12.3 Å². The molecule has 2 rings (SSSR count). The standard InChI is InChI=1S/C15H16F3N3/c1-10(2)20-8-11-5-6-19-13(7-11)12-3-4-14(21-9-12)15(16,17)18/h3-7,9-10,20H,8H2,1-2H3. The topological polar surface area (TPSA) is 37.8 Å². The molecule has 0 unspecified atom stereocenters. The molecule has 0 saturated carbocycles. The predicted molar refractivity (Wildman–Crippen MR) is 74.4 cm³/mol. The first-order chi connectivity index (χ1) is 9.86. The van der Waals surface area contributed by atoms with Gasteiger partial charge in [-0.3, -0.25) is 9.97 Å². The van der Waals surface area contributed by atoms with Crippen LogP contribution in [-0.4, -0.2) is 16.0 Å². The summed E-state index contributed by atoms with van der Waals surface area (Å²) in [6.07, 6.45) is -1.58. The fourth-order valence-electron chi connectivity index (χ4n) is 1.78. The Kier molecular flexibility index (Phi) is 4.57. The van der Waals surface area contributed by atoms with E-state index < -0.39 is 11.9 Å². The van der Waals surface area contributed by atoms with Gasteiger partial charge >= 0.3 is 6.18 Å². The van der Waals surface area contributed by atoms with Crippen LogP contribution in [0.3, 0.4) is 0 Å². The Labute approximate surface area is 121 Å². The molecule has 0 bridgehead atoms. The number of nitrogens with one attached hydrogen (secondary N) is 1. The van der Waals surface area contributed by atoms with E-state index in [1.807, 2.05) is 26.0 Å². The minimum Gasteiger partial charge on any atom is -0.310 e. The molecule has 1 N–H and O–H groups in total. The monoisotopic (exact) mass is 295 g/mol. The molecule has 21 heavy (non-hydrogen) atoms. The molecule has 3 nitrogen and oxygen atoms in total. The van der Waals surface area contributed by atoms with Crippen LogP contribution in [0.4, 0.5) is 13.2 Å². The molecule has 2 heterocycles. The lowest BCUT2D eigenvalue weighted by Gasteiger charge is -2.09. The zero-order valence-electron chi connectivity index (χ0n) is 11.8. The Bertz CT molecular complexity index is 592. The number of hydrogen-bond donors (Lipinski definition) is 1. The van der Waals surface area contributed by atoms with Gasteiger partial charge in [0.15, 0.2) is 0 Å². The van der Waals surface area contributed by atoms with Crippen LogP contribution < -0.4 is 5.32 Å². The van der Waals surface area contributed by atoms with Crippen molar-refractivity contribution in [2.75, 3.05) is 0 Å². The van der Waals surface area contributed by atoms with Gasteiger partial charge in [-0.25, -0.2) is 0 Å². The van der Waals surface area contributed by atoms with E-state index in [1.54, 1.807) is 6.20 Å². The van der Waals surface area contributed by atoms with Crippen molar-refractivity contribution in [1.82, 2.24) is 15.3 Å². The van der Waals surface area contributed by atoms with Gasteiger partial charge in [0.2, 0.25) is 0 Å². The van der Waals surface area contributed by atoms with Gasteiger partial charge in [0.25, 0.3) is 0 Å². The smallest absolute Gasteiger partial charge is 0.310 e. The molecule has 2 aromatic rings. The Morgan fingerprint density at radius 2 is 1.90 bits per heavy atom. The van der Waals surface area contributed by atoms with Crippen molar-refractivity contribution < 1.29 is 13.2 Å². The van der Waals surface area contributed by atoms with E-state index in [0.29, 0.717) is 23.8 Å². The van der Waals surface area contributed by atoms with Crippen LogP contribution in [0.25, 0.3) is 11.3 Å². The molecule has 0 aliphatic carbocycles. The number of pyridine rings is 2. The molecule has 2 aromatic heterocycles. The molecular formula is C15H16F3N3. The highest BCUT2D eigenvalue weighted by molar-refractivity contribution is 5.58. The van der Waals surface area contributed by atoms with Crippen molar-refractivity contribution >= 4 is 0 Å². The first kappa shape index (κ1) is 15.4. The Hall–Kier alpha value is -1.95. The maximum absolute atomic E-state index is 12.5. The second kappa shape index (κ2) is 6.22. The number of rotatable bonds is 4. The number of hydrogen-bond acceptors (Lipinski definition) is 3. The molecule has 0 radical (unpaired) electrons. The second-order valence-electron chi connectivity index (χ2n) is 5.01. The largest absolute Gasteiger partial charge is 0.433 e. The number of alkyl halides is 3. The van der Waals surface area contributed by atoms with Gasteiger partial charge in [0.05, 0.1) is 5.69 Å². The van der Waals surface area contributed by atoms with Crippen LogP contribution in [0.2, 0.25) is 0 Å². The van der Waals surface area contributed by atoms with Crippen LogP contribution in [0.1, 0.15) is 25.1 Å². The van der Waals surface area contributed by atoms with E-state index in [0.717, 1.165) is 11.6 Å². The van der Waals surface area contributed by atoms with Gasteiger partial charge < -0.3 is 5.32 Å². The zero-order chi connectivity index (χ0) is 15.5. The SMILES string of the molecule is CC(C)NCc1ccnc(-c2ccc(C(F)(F)F)nc2)c1. The number of halogens is 3. The minimum atomic E-state index is -4.42. The fraction of sp³-hybridized carbons (Fsp3) is 0.333. The van der Waals surface area contributed by atoms with Crippen molar-refractivity contribution in [3.05, 3.63) is 47.9 Å². The quantitative estimate of drug-likeness (QED) is 0.935. The van der Waals surface area contributed by atoms with Crippen LogP contribution in [-0.2, 0) is 12.7 Å². The van der Waals surface area contributed by atoms with E-state index in [-0.39, 0.29) is 0 Å². The molecule has 0 aliphatic rings. The Morgan fingerprint density at radius 3 is 2.48 bits per heavy atom. The summed E-state index contributed by atoms with van der Waals surface area (Å²) in [6.45, 7) is 4.77. The van der Waals surface area contributed by atoms with Crippen molar-refractivity contribution in [3.63, 3.8) is 0 Å². The van der Waals surface area contributed by atoms with Gasteiger partial charge in [-0.2, -0.15) is 13.2 Å². The van der Waals surface area contributed by atoms with Gasteiger partial charge in [0.1, 0.15) is 5.69 Å². The summed E-state index contributed by atoms with van der Waals surface area (Å²) in [6, 6.07) is 6.43. The first-order valence-electron chi connectivity index (χ1n) is 6.58. The third-order valence-electron chi connectivity index (χ3n) is 2.89. The van der Waals surface area contributed by atoms with Crippen molar-refractivity contribution in [3.8, 4) is 11.3 Å². The zero-order valence-corrected chi connectivity index (χ0v) is 11.8. The van der Waals surface area contributed by atoms with Crippen LogP contribution >= 0.6 is 0 Å². The summed E-state index contributed by atoms with van der Waals surface area (Å²) in [7, 11) is 0. The minimum absolute atomic E-state index is 0.356. The van der Waals surface area contributed by atoms with Crippen LogP contribution in [0, 0.1) is 0 Å². The highest BCUT2D eigenvalue weighted by atomic mass is 19.4. The molecule has 0 aliphatic heterocycles. The third-order valence-corrected chi connectivity index (χ3v) is 2.89. The summed E-state index contributed by atoms with van der Waals surface area (Å²) >= 11 is 0. The molecular weight excluding hydrogens is 279 g/mol. The highest BCUT2D eigenvalue weighted by Crippen LogP contribution is 2.28. The summed E-state index contributed by atoms with van der Waals surface area (Å²) in [5, 5.41) is 3.28. The average molecular weight is 295 g/mol. The van der Waals surface area contributed by atoms with E-state index in [9.17, 15) is 13.2 Å². The lowest BCUT2D eigenvalue weighted by molar-refractivity contribution is -0.141. The van der Waals surface area contributed by atoms with Crippen molar-refractivity contribution in [2.24, 2.45) is 0 Å². The highest BCUT2D eigenvalue weighted by Gasteiger charge is 2.32. The summed E-state index contributed by atoms with van der Waals surface area (Å²) in [5.41, 5.74) is 1.30.